The summed E-state index contributed by atoms with van der Waals surface area (Å²) in [4.78, 5) is 31.3. The fourth-order valence-electron chi connectivity index (χ4n) is 4.45. The van der Waals surface area contributed by atoms with E-state index >= 15 is 0 Å². The summed E-state index contributed by atoms with van der Waals surface area (Å²) in [5, 5.41) is 22.4. The number of hydrogen-bond donors (Lipinski definition) is 3. The number of aromatic nitrogens is 3. The smallest absolute Gasteiger partial charge is 0.307 e. The molecule has 0 spiro atoms. The largest absolute Gasteiger partial charge is 0.481 e. The number of nitrogens with zero attached hydrogens (tertiary/aromatic N) is 7. The highest BCUT2D eigenvalue weighted by Crippen LogP contribution is 2.26. The normalized spacial score (nSPS) is 17.3. The number of rotatable bonds is 8. The molecule has 5 N–H and O–H groups in total. The lowest BCUT2D eigenvalue weighted by Gasteiger charge is -2.35. The molecule has 0 radical (unpaired) electrons. The third-order valence-corrected chi connectivity index (χ3v) is 6.51. The number of nitriles is 1. The summed E-state index contributed by atoms with van der Waals surface area (Å²) >= 11 is 0. The lowest BCUT2D eigenvalue weighted by atomic mass is 9.96. The molecule has 11 nitrogen and oxygen atoms in total. The van der Waals surface area contributed by atoms with E-state index in [1.807, 2.05) is 31.2 Å². The molecule has 1 aromatic carbocycles. The van der Waals surface area contributed by atoms with Crippen molar-refractivity contribution in [1.82, 2.24) is 19.9 Å². The lowest BCUT2D eigenvalue weighted by molar-refractivity contribution is -0.143. The van der Waals surface area contributed by atoms with Crippen LogP contribution in [-0.2, 0) is 11.3 Å². The summed E-state index contributed by atoms with van der Waals surface area (Å²) < 4.78 is 0. The van der Waals surface area contributed by atoms with Crippen LogP contribution in [0.3, 0.4) is 0 Å². The second-order valence-corrected chi connectivity index (χ2v) is 9.08. The average molecular weight is 512 g/mol. The van der Waals surface area contributed by atoms with E-state index in [1.165, 1.54) is 6.21 Å². The first-order valence-corrected chi connectivity index (χ1v) is 12.2. The first kappa shape index (κ1) is 26.4. The number of aliphatic carboxylic acids is 1. The standard InChI is InChI=1S/C27H29N9O2/c1-17(36-10-4-7-20(16-36)26(37)38)22-9-3-8-21(32-22)14-31-15-25(35-30)24-12-23(33-27(29)34-24)19-6-2-5-18(11-19)13-28/h2-3,5-6,8-9,11-12,15,17,20H,4,7,10,14,16,30H2,1H3,(H,37,38)(H2,29,33,34)/b31-15?,35-25+/t17-,20+/m0/s1. The summed E-state index contributed by atoms with van der Waals surface area (Å²) in [5.41, 5.74) is 10.0. The molecule has 11 heteroatoms. The molecule has 0 saturated carbocycles. The van der Waals surface area contributed by atoms with E-state index in [-0.39, 0.29) is 24.5 Å². The van der Waals surface area contributed by atoms with Gasteiger partial charge < -0.3 is 16.7 Å². The SMILES string of the molecule is C[C@@H](c1cccc(CN=C/C(=N\N)c2cc(-c3cccc(C#N)c3)nc(N)n2)n1)N1CCC[C@@H](C(=O)O)C1. The van der Waals surface area contributed by atoms with Crippen molar-refractivity contribution in [3.8, 4) is 17.3 Å². The number of carbonyl (C=O) groups is 1. The Balaban J connectivity index is 1.47. The van der Waals surface area contributed by atoms with E-state index in [9.17, 15) is 15.2 Å². The van der Waals surface area contributed by atoms with Crippen molar-refractivity contribution in [2.75, 3.05) is 18.8 Å². The van der Waals surface area contributed by atoms with Gasteiger partial charge in [0, 0.05) is 18.2 Å². The van der Waals surface area contributed by atoms with Crippen molar-refractivity contribution >= 4 is 23.8 Å². The number of pyridine rings is 1. The number of anilines is 1. The number of nitrogen functional groups attached to an aromatic ring is 1. The van der Waals surface area contributed by atoms with Crippen LogP contribution in [0.2, 0.25) is 0 Å². The van der Waals surface area contributed by atoms with E-state index < -0.39 is 5.97 Å². The molecule has 1 saturated heterocycles. The van der Waals surface area contributed by atoms with Crippen LogP contribution in [0.5, 0.6) is 0 Å². The molecule has 0 amide bonds. The van der Waals surface area contributed by atoms with E-state index in [0.29, 0.717) is 41.2 Å². The minimum atomic E-state index is -0.747. The number of hydrazone groups is 1. The van der Waals surface area contributed by atoms with Gasteiger partial charge in [-0.05, 0) is 56.6 Å². The van der Waals surface area contributed by atoms with Crippen molar-refractivity contribution in [2.24, 2.45) is 21.9 Å². The fraction of sp³-hybridized carbons (Fsp3) is 0.296. The Morgan fingerprint density at radius 3 is 2.84 bits per heavy atom. The summed E-state index contributed by atoms with van der Waals surface area (Å²) in [6.45, 7) is 3.69. The molecule has 0 aliphatic carbocycles. The van der Waals surface area contributed by atoms with Gasteiger partial charge in [-0.25, -0.2) is 9.97 Å². The second-order valence-electron chi connectivity index (χ2n) is 9.08. The molecule has 1 aliphatic heterocycles. The molecule has 1 aliphatic rings. The number of benzene rings is 1. The Hall–Kier alpha value is -4.69. The summed E-state index contributed by atoms with van der Waals surface area (Å²) in [7, 11) is 0. The molecule has 194 valence electrons. The van der Waals surface area contributed by atoms with Crippen molar-refractivity contribution in [3.05, 3.63) is 71.2 Å². The first-order valence-electron chi connectivity index (χ1n) is 12.2. The van der Waals surface area contributed by atoms with Crippen molar-refractivity contribution < 1.29 is 9.90 Å². The fourth-order valence-corrected chi connectivity index (χ4v) is 4.45. The van der Waals surface area contributed by atoms with Gasteiger partial charge in [-0.15, -0.1) is 0 Å². The minimum absolute atomic E-state index is 0.0100. The van der Waals surface area contributed by atoms with Gasteiger partial charge >= 0.3 is 5.97 Å². The molecular weight excluding hydrogens is 482 g/mol. The van der Waals surface area contributed by atoms with Crippen LogP contribution in [0, 0.1) is 17.2 Å². The molecule has 3 heterocycles. The number of likely N-dealkylation sites (tertiary alicyclic amines) is 1. The maximum Gasteiger partial charge on any atom is 0.307 e. The Bertz CT molecular complexity index is 1410. The predicted octanol–water partition coefficient (Wildman–Crippen LogP) is 2.78. The lowest BCUT2D eigenvalue weighted by Crippen LogP contribution is -2.40. The number of carboxylic acid groups (broad SMARTS) is 1. The minimum Gasteiger partial charge on any atom is -0.481 e. The third-order valence-electron chi connectivity index (χ3n) is 6.51. The van der Waals surface area contributed by atoms with Crippen molar-refractivity contribution in [2.45, 2.75) is 32.4 Å². The van der Waals surface area contributed by atoms with Gasteiger partial charge in [0.15, 0.2) is 0 Å². The van der Waals surface area contributed by atoms with Crippen LogP contribution in [-0.4, -0.2) is 55.9 Å². The Morgan fingerprint density at radius 1 is 1.26 bits per heavy atom. The quantitative estimate of drug-likeness (QED) is 0.233. The number of hydrogen-bond acceptors (Lipinski definition) is 10. The summed E-state index contributed by atoms with van der Waals surface area (Å²) in [6.07, 6.45) is 3.07. The van der Waals surface area contributed by atoms with Gasteiger partial charge in [0.1, 0.15) is 5.71 Å². The Kier molecular flexibility index (Phi) is 8.35. The van der Waals surface area contributed by atoms with Gasteiger partial charge in [0.05, 0.1) is 53.1 Å². The summed E-state index contributed by atoms with van der Waals surface area (Å²) in [5.74, 6) is 4.59. The molecule has 0 unspecified atom stereocenters. The first-order chi connectivity index (χ1) is 18.4. The molecular formula is C27H29N9O2. The van der Waals surface area contributed by atoms with Gasteiger partial charge in [0.2, 0.25) is 5.95 Å². The molecule has 2 atom stereocenters. The van der Waals surface area contributed by atoms with Crippen LogP contribution in [0.4, 0.5) is 5.95 Å². The van der Waals surface area contributed by atoms with E-state index in [1.54, 1.807) is 24.3 Å². The summed E-state index contributed by atoms with van der Waals surface area (Å²) in [6, 6.07) is 16.5. The number of carboxylic acids is 1. The zero-order chi connectivity index (χ0) is 27.1. The van der Waals surface area contributed by atoms with Crippen LogP contribution in [0.15, 0.2) is 58.6 Å². The van der Waals surface area contributed by atoms with Crippen LogP contribution < -0.4 is 11.6 Å². The van der Waals surface area contributed by atoms with Gasteiger partial charge in [0.25, 0.3) is 0 Å². The van der Waals surface area contributed by atoms with E-state index in [2.05, 4.69) is 31.0 Å². The maximum atomic E-state index is 11.4. The number of nitrogens with two attached hydrogens (primary N) is 2. The highest BCUT2D eigenvalue weighted by atomic mass is 16.4. The zero-order valence-corrected chi connectivity index (χ0v) is 21.0. The predicted molar refractivity (Wildman–Crippen MR) is 144 cm³/mol. The topological polar surface area (TPSA) is 180 Å². The van der Waals surface area contributed by atoms with Crippen LogP contribution in [0.1, 0.15) is 48.5 Å². The monoisotopic (exact) mass is 511 g/mol. The van der Waals surface area contributed by atoms with E-state index in [4.69, 9.17) is 16.6 Å². The Morgan fingerprint density at radius 2 is 2.08 bits per heavy atom. The molecule has 1 fully saturated rings. The highest BCUT2D eigenvalue weighted by molar-refractivity contribution is 6.37. The van der Waals surface area contributed by atoms with Crippen molar-refractivity contribution in [3.63, 3.8) is 0 Å². The highest BCUT2D eigenvalue weighted by Gasteiger charge is 2.29. The van der Waals surface area contributed by atoms with Gasteiger partial charge in [-0.2, -0.15) is 10.4 Å². The zero-order valence-electron chi connectivity index (χ0n) is 21.0. The van der Waals surface area contributed by atoms with Crippen LogP contribution >= 0.6 is 0 Å². The Labute approximate surface area is 220 Å². The molecule has 4 rings (SSSR count). The van der Waals surface area contributed by atoms with Crippen molar-refractivity contribution in [1.29, 1.82) is 5.26 Å². The maximum absolute atomic E-state index is 11.4. The third kappa shape index (κ3) is 6.35. The number of aliphatic imine (C=N–C) groups is 1. The number of piperidine rings is 1. The van der Waals surface area contributed by atoms with Gasteiger partial charge in [-0.1, -0.05) is 18.2 Å². The molecule has 2 aromatic heterocycles. The van der Waals surface area contributed by atoms with Gasteiger partial charge in [-0.3, -0.25) is 19.7 Å². The molecule has 3 aromatic rings. The second kappa shape index (κ2) is 12.0. The van der Waals surface area contributed by atoms with Crippen LogP contribution in [0.25, 0.3) is 11.3 Å². The van der Waals surface area contributed by atoms with E-state index in [0.717, 1.165) is 24.4 Å². The average Bonchev–Trinajstić information content (AvgIpc) is 2.94. The molecule has 38 heavy (non-hydrogen) atoms. The molecule has 0 bridgehead atoms.